The molecule has 2 atom stereocenters. The normalized spacial score (nSPS) is 24.5. The molecule has 0 spiro atoms. The van der Waals surface area contributed by atoms with Gasteiger partial charge in [0.25, 0.3) is 0 Å². The van der Waals surface area contributed by atoms with E-state index in [0.717, 1.165) is 59.8 Å². The molecule has 1 saturated carbocycles. The largest absolute Gasteiger partial charge is 0.348 e. The minimum Gasteiger partial charge on any atom is -0.348 e. The molecule has 24 heavy (non-hydrogen) atoms. The van der Waals surface area contributed by atoms with Crippen LogP contribution >= 0.6 is 11.3 Å². The summed E-state index contributed by atoms with van der Waals surface area (Å²) in [6.45, 7) is 2.21. The third-order valence-electron chi connectivity index (χ3n) is 5.11. The molecule has 2 aromatic rings. The Bertz CT molecular complexity index is 738. The third-order valence-corrected chi connectivity index (χ3v) is 6.19. The number of aromatic nitrogens is 1. The minimum absolute atomic E-state index is 0.0473. The molecule has 2 heterocycles. The van der Waals surface area contributed by atoms with Gasteiger partial charge in [0.05, 0.1) is 10.2 Å². The molecule has 1 saturated heterocycles. The summed E-state index contributed by atoms with van der Waals surface area (Å²) in [5, 5.41) is 4.18. The highest BCUT2D eigenvalue weighted by atomic mass is 32.1. The molecule has 0 radical (unpaired) electrons. The Kier molecular flexibility index (Phi) is 4.41. The molecule has 1 amide bonds. The summed E-state index contributed by atoms with van der Waals surface area (Å²) in [6.07, 6.45) is 6.33. The number of benzene rings is 1. The van der Waals surface area contributed by atoms with Crippen LogP contribution in [0, 0.1) is 5.92 Å². The van der Waals surface area contributed by atoms with Crippen LogP contribution in [0.3, 0.4) is 0 Å². The van der Waals surface area contributed by atoms with Crippen molar-refractivity contribution in [3.05, 3.63) is 18.2 Å². The van der Waals surface area contributed by atoms with Crippen molar-refractivity contribution in [2.24, 2.45) is 11.7 Å². The van der Waals surface area contributed by atoms with Gasteiger partial charge in [-0.15, -0.1) is 0 Å². The molecule has 2 fully saturated rings. The number of carbonyl (C=O) groups is 1. The van der Waals surface area contributed by atoms with Gasteiger partial charge in [-0.2, -0.15) is 0 Å². The summed E-state index contributed by atoms with van der Waals surface area (Å²) < 4.78 is 1.13. The lowest BCUT2D eigenvalue weighted by Gasteiger charge is -2.25. The highest BCUT2D eigenvalue weighted by Gasteiger charge is 2.25. The SMILES string of the molecule is NC1CCCC(C(=O)Nc2ccc3nc(N4CCCC4)sc3c2)C1. The first-order chi connectivity index (χ1) is 11.7. The standard InChI is InChI=1S/C18H24N4OS/c19-13-5-3-4-12(10-13)17(23)20-14-6-7-15-16(11-14)24-18(21-15)22-8-1-2-9-22/h6-7,11-13H,1-5,8-10,19H2,(H,20,23). The van der Waals surface area contributed by atoms with Gasteiger partial charge in [-0.3, -0.25) is 4.79 Å². The zero-order valence-corrected chi connectivity index (χ0v) is 14.6. The Hall–Kier alpha value is -1.66. The Morgan fingerprint density at radius 2 is 2.08 bits per heavy atom. The van der Waals surface area contributed by atoms with Gasteiger partial charge in [0.15, 0.2) is 5.13 Å². The van der Waals surface area contributed by atoms with Crippen LogP contribution in [0.4, 0.5) is 10.8 Å². The molecule has 1 aromatic carbocycles. The number of nitrogens with one attached hydrogen (secondary N) is 1. The number of hydrogen-bond donors (Lipinski definition) is 2. The van der Waals surface area contributed by atoms with Gasteiger partial charge in [-0.25, -0.2) is 4.98 Å². The molecule has 3 N–H and O–H groups in total. The summed E-state index contributed by atoms with van der Waals surface area (Å²) in [5.41, 5.74) is 7.88. The van der Waals surface area contributed by atoms with Gasteiger partial charge in [-0.05, 0) is 50.3 Å². The van der Waals surface area contributed by atoms with Crippen molar-refractivity contribution in [3.8, 4) is 0 Å². The van der Waals surface area contributed by atoms with Crippen molar-refractivity contribution < 1.29 is 4.79 Å². The van der Waals surface area contributed by atoms with Crippen molar-refractivity contribution >= 4 is 38.3 Å². The van der Waals surface area contributed by atoms with Gasteiger partial charge >= 0.3 is 0 Å². The third kappa shape index (κ3) is 3.26. The van der Waals surface area contributed by atoms with Crippen molar-refractivity contribution in [2.45, 2.75) is 44.6 Å². The van der Waals surface area contributed by atoms with Crippen LogP contribution in [0.5, 0.6) is 0 Å². The molecule has 1 aromatic heterocycles. The second kappa shape index (κ2) is 6.69. The highest BCUT2D eigenvalue weighted by Crippen LogP contribution is 2.33. The highest BCUT2D eigenvalue weighted by molar-refractivity contribution is 7.22. The molecule has 128 valence electrons. The number of carbonyl (C=O) groups excluding carboxylic acids is 1. The minimum atomic E-state index is 0.0473. The molecule has 1 aliphatic heterocycles. The number of fused-ring (bicyclic) bond motifs is 1. The fourth-order valence-corrected chi connectivity index (χ4v) is 4.80. The maximum Gasteiger partial charge on any atom is 0.227 e. The average molecular weight is 344 g/mol. The molecule has 1 aliphatic carbocycles. The lowest BCUT2D eigenvalue weighted by molar-refractivity contribution is -0.120. The molecule has 2 aliphatic rings. The predicted molar refractivity (Wildman–Crippen MR) is 99.6 cm³/mol. The van der Waals surface area contributed by atoms with Gasteiger partial charge in [-0.1, -0.05) is 17.8 Å². The fourth-order valence-electron chi connectivity index (χ4n) is 3.74. The molecule has 4 rings (SSSR count). The first-order valence-corrected chi connectivity index (χ1v) is 9.73. The summed E-state index contributed by atoms with van der Waals surface area (Å²) in [6, 6.07) is 6.18. The van der Waals surface area contributed by atoms with Gasteiger partial charge in [0.2, 0.25) is 5.91 Å². The van der Waals surface area contributed by atoms with Crippen LogP contribution in [0.25, 0.3) is 10.2 Å². The van der Waals surface area contributed by atoms with Crippen LogP contribution < -0.4 is 16.0 Å². The summed E-state index contributed by atoms with van der Waals surface area (Å²) in [5.74, 6) is 0.153. The van der Waals surface area contributed by atoms with E-state index in [0.29, 0.717) is 0 Å². The zero-order chi connectivity index (χ0) is 16.5. The summed E-state index contributed by atoms with van der Waals surface area (Å²) >= 11 is 1.72. The second-order valence-electron chi connectivity index (χ2n) is 6.99. The van der Waals surface area contributed by atoms with E-state index in [1.165, 1.54) is 12.8 Å². The average Bonchev–Trinajstić information content (AvgIpc) is 3.23. The smallest absolute Gasteiger partial charge is 0.227 e. The zero-order valence-electron chi connectivity index (χ0n) is 13.8. The molecule has 2 unspecified atom stereocenters. The summed E-state index contributed by atoms with van der Waals surface area (Å²) in [7, 11) is 0. The number of thiazole rings is 1. The van der Waals surface area contributed by atoms with Crippen molar-refractivity contribution in [3.63, 3.8) is 0 Å². The molecular formula is C18H24N4OS. The summed E-state index contributed by atoms with van der Waals surface area (Å²) in [4.78, 5) is 19.6. The molecule has 5 nitrogen and oxygen atoms in total. The number of amides is 1. The Labute approximate surface area is 146 Å². The van der Waals surface area contributed by atoms with E-state index in [1.807, 2.05) is 18.2 Å². The number of nitrogens with two attached hydrogens (primary N) is 1. The quantitative estimate of drug-likeness (QED) is 0.896. The number of hydrogen-bond acceptors (Lipinski definition) is 5. The fraction of sp³-hybridized carbons (Fsp3) is 0.556. The number of anilines is 2. The second-order valence-corrected chi connectivity index (χ2v) is 8.00. The van der Waals surface area contributed by atoms with Crippen LogP contribution in [-0.4, -0.2) is 30.0 Å². The number of rotatable bonds is 3. The predicted octanol–water partition coefficient (Wildman–Crippen LogP) is 3.35. The van der Waals surface area contributed by atoms with E-state index < -0.39 is 0 Å². The van der Waals surface area contributed by atoms with E-state index in [9.17, 15) is 4.79 Å². The monoisotopic (exact) mass is 344 g/mol. The van der Waals surface area contributed by atoms with E-state index in [2.05, 4.69) is 10.2 Å². The van der Waals surface area contributed by atoms with E-state index in [1.54, 1.807) is 11.3 Å². The van der Waals surface area contributed by atoms with Crippen LogP contribution in [0.2, 0.25) is 0 Å². The maximum atomic E-state index is 12.5. The lowest BCUT2D eigenvalue weighted by Crippen LogP contribution is -2.34. The lowest BCUT2D eigenvalue weighted by atomic mass is 9.85. The first-order valence-electron chi connectivity index (χ1n) is 8.91. The first kappa shape index (κ1) is 15.8. The van der Waals surface area contributed by atoms with E-state index in [-0.39, 0.29) is 17.9 Å². The topological polar surface area (TPSA) is 71.2 Å². The van der Waals surface area contributed by atoms with Crippen LogP contribution in [-0.2, 0) is 4.79 Å². The van der Waals surface area contributed by atoms with Crippen LogP contribution in [0.1, 0.15) is 38.5 Å². The Morgan fingerprint density at radius 3 is 2.88 bits per heavy atom. The van der Waals surface area contributed by atoms with Crippen molar-refractivity contribution in [1.82, 2.24) is 4.98 Å². The van der Waals surface area contributed by atoms with Crippen molar-refractivity contribution in [2.75, 3.05) is 23.3 Å². The Balaban J connectivity index is 1.49. The maximum absolute atomic E-state index is 12.5. The van der Waals surface area contributed by atoms with E-state index >= 15 is 0 Å². The van der Waals surface area contributed by atoms with Gasteiger partial charge in [0.1, 0.15) is 0 Å². The van der Waals surface area contributed by atoms with Gasteiger partial charge < -0.3 is 16.0 Å². The van der Waals surface area contributed by atoms with Crippen molar-refractivity contribution in [1.29, 1.82) is 0 Å². The molecule has 6 heteroatoms. The Morgan fingerprint density at radius 1 is 1.25 bits per heavy atom. The molecular weight excluding hydrogens is 320 g/mol. The number of nitrogens with zero attached hydrogens (tertiary/aromatic N) is 2. The van der Waals surface area contributed by atoms with E-state index in [4.69, 9.17) is 10.7 Å². The van der Waals surface area contributed by atoms with Crippen LogP contribution in [0.15, 0.2) is 18.2 Å². The van der Waals surface area contributed by atoms with Gasteiger partial charge in [0, 0.05) is 30.7 Å². The molecule has 0 bridgehead atoms.